The summed E-state index contributed by atoms with van der Waals surface area (Å²) in [6.45, 7) is 0. The van der Waals surface area contributed by atoms with Crippen molar-refractivity contribution in [3.63, 3.8) is 0 Å². The van der Waals surface area contributed by atoms with E-state index in [0.29, 0.717) is 0 Å². The molecule has 10 heteroatoms. The Balaban J connectivity index is 4.07. The molecule has 0 radical (unpaired) electrons. The largest absolute Gasteiger partial charge is 0.327 e. The second-order valence-electron chi connectivity index (χ2n) is 2.28. The Labute approximate surface area is 121 Å². The fraction of sp³-hybridized carbons (Fsp3) is 0.333. The third kappa shape index (κ3) is 6.89. The van der Waals surface area contributed by atoms with Gasteiger partial charge >= 0.3 is 0 Å². The fourth-order valence-corrected chi connectivity index (χ4v) is 0.726. The van der Waals surface area contributed by atoms with Crippen molar-refractivity contribution in [2.24, 2.45) is 0 Å². The number of carbonyl (C=O) groups is 2. The number of halogens is 6. The maximum atomic E-state index is 11.0. The quantitative estimate of drug-likeness (QED) is 0.753. The van der Waals surface area contributed by atoms with Crippen molar-refractivity contribution in [1.29, 1.82) is 0 Å². The molecule has 4 nitrogen and oxygen atoms in total. The lowest BCUT2D eigenvalue weighted by atomic mass is 10.6. The SMILES string of the molecule is O=C(N/C=C\NC(=O)C(Cl)(Cl)Cl)C(Cl)(Cl)Cl. The summed E-state index contributed by atoms with van der Waals surface area (Å²) in [7, 11) is 0. The van der Waals surface area contributed by atoms with Gasteiger partial charge in [-0.05, 0) is 0 Å². The minimum absolute atomic E-state index is 0.892. The van der Waals surface area contributed by atoms with E-state index >= 15 is 0 Å². The van der Waals surface area contributed by atoms with Gasteiger partial charge in [0.05, 0.1) is 0 Å². The smallest absolute Gasteiger partial charge is 0.276 e. The van der Waals surface area contributed by atoms with Crippen LogP contribution in [-0.4, -0.2) is 19.4 Å². The molecule has 0 fully saturated rings. The molecule has 0 rings (SSSR count). The van der Waals surface area contributed by atoms with Crippen molar-refractivity contribution in [1.82, 2.24) is 10.6 Å². The highest BCUT2D eigenvalue weighted by atomic mass is 35.6. The van der Waals surface area contributed by atoms with E-state index in [2.05, 4.69) is 10.6 Å². The molecule has 0 aliphatic rings. The van der Waals surface area contributed by atoms with Crippen molar-refractivity contribution >= 4 is 81.4 Å². The predicted octanol–water partition coefficient (Wildman–Crippen LogP) is 2.43. The lowest BCUT2D eigenvalue weighted by Gasteiger charge is -2.09. The number of rotatable bonds is 2. The molecule has 0 atom stereocenters. The Kier molecular flexibility index (Phi) is 6.55. The number of carbonyl (C=O) groups excluding carboxylic acids is 2. The standard InChI is InChI=1S/C6H4Cl6N2O2/c7-5(8,9)3(15)13-1-2-14-4(16)6(10,11)12/h1-2H,(H,13,15)(H,14,16)/b2-1-. The highest BCUT2D eigenvalue weighted by Gasteiger charge is 2.30. The Morgan fingerprint density at radius 2 is 1.00 bits per heavy atom. The molecule has 92 valence electrons. The van der Waals surface area contributed by atoms with E-state index < -0.39 is 19.4 Å². The predicted molar refractivity (Wildman–Crippen MR) is 66.0 cm³/mol. The van der Waals surface area contributed by atoms with Crippen LogP contribution in [0.2, 0.25) is 0 Å². The first-order valence-electron chi connectivity index (χ1n) is 3.45. The normalized spacial score (nSPS) is 12.6. The molecular weight excluding hydrogens is 345 g/mol. The molecule has 0 aromatic heterocycles. The first-order valence-corrected chi connectivity index (χ1v) is 5.72. The minimum Gasteiger partial charge on any atom is -0.327 e. The molecule has 2 N–H and O–H groups in total. The van der Waals surface area contributed by atoms with Crippen LogP contribution >= 0.6 is 69.6 Å². The molecule has 0 spiro atoms. The third-order valence-electron chi connectivity index (χ3n) is 1.03. The maximum absolute atomic E-state index is 11.0. The van der Waals surface area contributed by atoms with Gasteiger partial charge in [-0.2, -0.15) is 0 Å². The topological polar surface area (TPSA) is 58.2 Å². The fourth-order valence-electron chi connectivity index (χ4n) is 0.398. The van der Waals surface area contributed by atoms with Crippen LogP contribution in [0, 0.1) is 0 Å². The summed E-state index contributed by atoms with van der Waals surface area (Å²) in [6, 6.07) is 0. The van der Waals surface area contributed by atoms with Crippen molar-refractivity contribution in [3.8, 4) is 0 Å². The molecule has 0 unspecified atom stereocenters. The molecule has 0 aliphatic carbocycles. The Bertz CT molecular complexity index is 275. The zero-order chi connectivity index (χ0) is 13.0. The molecule has 0 saturated carbocycles. The maximum Gasteiger partial charge on any atom is 0.276 e. The molecule has 0 bridgehead atoms. The molecule has 0 heterocycles. The summed E-state index contributed by atoms with van der Waals surface area (Å²) < 4.78 is -4.19. The van der Waals surface area contributed by atoms with Crippen molar-refractivity contribution in [2.75, 3.05) is 0 Å². The van der Waals surface area contributed by atoms with Gasteiger partial charge in [-0.25, -0.2) is 0 Å². The van der Waals surface area contributed by atoms with Gasteiger partial charge in [-0.3, -0.25) is 9.59 Å². The van der Waals surface area contributed by atoms with E-state index in [1.54, 1.807) is 0 Å². The summed E-state index contributed by atoms with van der Waals surface area (Å²) in [5, 5.41) is 4.14. The van der Waals surface area contributed by atoms with Gasteiger partial charge < -0.3 is 10.6 Å². The molecule has 0 aliphatic heterocycles. The van der Waals surface area contributed by atoms with Gasteiger partial charge in [0.15, 0.2) is 0 Å². The van der Waals surface area contributed by atoms with Crippen LogP contribution in [0.5, 0.6) is 0 Å². The van der Waals surface area contributed by atoms with E-state index in [0.717, 1.165) is 12.4 Å². The van der Waals surface area contributed by atoms with E-state index in [1.807, 2.05) is 0 Å². The van der Waals surface area contributed by atoms with Crippen LogP contribution < -0.4 is 10.6 Å². The first-order chi connectivity index (χ1) is 7.05. The van der Waals surface area contributed by atoms with E-state index in [1.165, 1.54) is 0 Å². The molecule has 16 heavy (non-hydrogen) atoms. The van der Waals surface area contributed by atoms with Gasteiger partial charge in [0, 0.05) is 12.4 Å². The molecule has 0 aromatic rings. The van der Waals surface area contributed by atoms with E-state index in [4.69, 9.17) is 69.6 Å². The summed E-state index contributed by atoms with van der Waals surface area (Å²) in [5.74, 6) is -1.78. The average molecular weight is 349 g/mol. The highest BCUT2D eigenvalue weighted by molar-refractivity contribution is 6.76. The summed E-state index contributed by atoms with van der Waals surface area (Å²) in [5.41, 5.74) is 0. The van der Waals surface area contributed by atoms with Crippen LogP contribution in [0.25, 0.3) is 0 Å². The zero-order valence-electron chi connectivity index (χ0n) is 7.24. The summed E-state index contributed by atoms with van der Waals surface area (Å²) in [4.78, 5) is 21.9. The summed E-state index contributed by atoms with van der Waals surface area (Å²) >= 11 is 31.4. The minimum atomic E-state index is -2.09. The Hall–Kier alpha value is 0.420. The van der Waals surface area contributed by atoms with E-state index in [9.17, 15) is 9.59 Å². The van der Waals surface area contributed by atoms with Crippen LogP contribution in [0.15, 0.2) is 12.4 Å². The van der Waals surface area contributed by atoms with Crippen LogP contribution in [-0.2, 0) is 9.59 Å². The van der Waals surface area contributed by atoms with Crippen LogP contribution in [0.4, 0.5) is 0 Å². The summed E-state index contributed by atoms with van der Waals surface area (Å²) in [6.07, 6.45) is 2.02. The van der Waals surface area contributed by atoms with Crippen molar-refractivity contribution in [3.05, 3.63) is 12.4 Å². The lowest BCUT2D eigenvalue weighted by molar-refractivity contribution is -0.120. The second-order valence-corrected chi connectivity index (χ2v) is 6.84. The molecule has 0 saturated heterocycles. The number of hydrogen-bond acceptors (Lipinski definition) is 2. The number of nitrogens with one attached hydrogen (secondary N) is 2. The first kappa shape index (κ1) is 16.4. The van der Waals surface area contributed by atoms with Gasteiger partial charge in [0.2, 0.25) is 0 Å². The van der Waals surface area contributed by atoms with Crippen LogP contribution in [0.3, 0.4) is 0 Å². The lowest BCUT2D eigenvalue weighted by Crippen LogP contribution is -2.33. The highest BCUT2D eigenvalue weighted by Crippen LogP contribution is 2.26. The number of amides is 2. The van der Waals surface area contributed by atoms with Gasteiger partial charge in [-0.15, -0.1) is 0 Å². The molecule has 0 aromatic carbocycles. The van der Waals surface area contributed by atoms with E-state index in [-0.39, 0.29) is 0 Å². The van der Waals surface area contributed by atoms with Crippen molar-refractivity contribution < 1.29 is 9.59 Å². The zero-order valence-corrected chi connectivity index (χ0v) is 11.8. The van der Waals surface area contributed by atoms with Gasteiger partial charge in [0.1, 0.15) is 0 Å². The molecular formula is C6H4Cl6N2O2. The number of alkyl halides is 6. The third-order valence-corrected chi connectivity index (χ3v) is 2.06. The monoisotopic (exact) mass is 346 g/mol. The number of hydrogen-bond donors (Lipinski definition) is 2. The van der Waals surface area contributed by atoms with Gasteiger partial charge in [0.25, 0.3) is 19.4 Å². The molecule has 2 amide bonds. The Morgan fingerprint density at radius 3 is 1.19 bits per heavy atom. The van der Waals surface area contributed by atoms with Crippen molar-refractivity contribution in [2.45, 2.75) is 7.59 Å². The Morgan fingerprint density at radius 1 is 0.750 bits per heavy atom. The average Bonchev–Trinajstić information content (AvgIpc) is 2.08. The van der Waals surface area contributed by atoms with Gasteiger partial charge in [-0.1, -0.05) is 69.6 Å². The second kappa shape index (κ2) is 6.38. The van der Waals surface area contributed by atoms with Crippen LogP contribution in [0.1, 0.15) is 0 Å².